The molecular formula is C70H90N14O14S2. The first-order valence-electron chi connectivity index (χ1n) is 32.9. The third-order valence-corrected chi connectivity index (χ3v) is 19.1. The Balaban J connectivity index is 0.000000233. The van der Waals surface area contributed by atoms with Crippen molar-refractivity contribution in [2.45, 2.75) is 174 Å². The van der Waals surface area contributed by atoms with Crippen molar-refractivity contribution in [3.8, 4) is 55.4 Å². The fraction of sp³-hybridized carbons (Fsp3) is 0.514. The van der Waals surface area contributed by atoms with Gasteiger partial charge in [0.1, 0.15) is 90.7 Å². The lowest BCUT2D eigenvalue weighted by Gasteiger charge is -2.36. The number of likely N-dealkylation sites (tertiary alicyclic amines) is 2. The molecule has 0 radical (unpaired) electrons. The van der Waals surface area contributed by atoms with Crippen molar-refractivity contribution in [2.75, 3.05) is 33.9 Å². The van der Waals surface area contributed by atoms with Gasteiger partial charge in [0, 0.05) is 72.0 Å². The summed E-state index contributed by atoms with van der Waals surface area (Å²) >= 11 is 2.81. The lowest BCUT2D eigenvalue weighted by Crippen LogP contribution is -2.59. The first-order valence-corrected chi connectivity index (χ1v) is 34.7. The van der Waals surface area contributed by atoms with Gasteiger partial charge in [-0.15, -0.1) is 46.0 Å². The minimum Gasteiger partial charge on any atom is -0.497 e. The number of amides is 6. The highest BCUT2D eigenvalue weighted by atomic mass is 32.1. The van der Waals surface area contributed by atoms with Crippen LogP contribution in [0.1, 0.15) is 128 Å². The SMILES string of the molecule is C=C[C@@H]1C[C@]1(NC(=O)[C@@H]1CC(n2nc(-c3ccc(OC)cc3)c(-c3nccs3)n2)CN1C(=O)[C@@H](NC(=O)OC(C)(C)C)C(C)(C)C)C(=O)O.C=C[C@@H]1C[C@]1(NC(=O)[C@@H]1CC(n2nc(-c3ccc(OC)cc3)c(-c3nccs3)n2)CN1C(=O)[C@@H](NC(=O)OC(C)(C)C)C(C)(C)C)C(=O)OCC. The zero-order chi connectivity index (χ0) is 73.2. The van der Waals surface area contributed by atoms with E-state index in [2.05, 4.69) is 44.4 Å². The van der Waals surface area contributed by atoms with Crippen molar-refractivity contribution in [3.63, 3.8) is 0 Å². The molecule has 4 aromatic heterocycles. The van der Waals surface area contributed by atoms with Crippen LogP contribution in [0.2, 0.25) is 0 Å². The molecule has 0 bridgehead atoms. The monoisotopic (exact) mass is 1410 g/mol. The van der Waals surface area contributed by atoms with Gasteiger partial charge < -0.3 is 59.9 Å². The summed E-state index contributed by atoms with van der Waals surface area (Å²) in [5.41, 5.74) is -2.20. The Hall–Kier alpha value is -9.58. The molecule has 100 heavy (non-hydrogen) atoms. The Morgan fingerprint density at radius 3 is 1.27 bits per heavy atom. The van der Waals surface area contributed by atoms with Crippen molar-refractivity contribution < 1.29 is 67.1 Å². The molecule has 2 aromatic carbocycles. The van der Waals surface area contributed by atoms with Crippen LogP contribution in [0.25, 0.3) is 43.9 Å². The zero-order valence-corrected chi connectivity index (χ0v) is 60.7. The van der Waals surface area contributed by atoms with Gasteiger partial charge in [0.05, 0.1) is 32.9 Å². The Morgan fingerprint density at radius 1 is 0.590 bits per heavy atom. The summed E-state index contributed by atoms with van der Waals surface area (Å²) in [6, 6.07) is 9.34. The molecule has 6 heterocycles. The lowest BCUT2D eigenvalue weighted by molar-refractivity contribution is -0.150. The van der Waals surface area contributed by atoms with Crippen LogP contribution < -0.4 is 30.7 Å². The predicted molar refractivity (Wildman–Crippen MR) is 372 cm³/mol. The van der Waals surface area contributed by atoms with Crippen LogP contribution in [0.15, 0.2) is 97.0 Å². The topological polar surface area (TPSA) is 345 Å². The second-order valence-electron chi connectivity index (χ2n) is 29.3. The summed E-state index contributed by atoms with van der Waals surface area (Å²) in [7, 11) is 3.17. The smallest absolute Gasteiger partial charge is 0.408 e. The van der Waals surface area contributed by atoms with Gasteiger partial charge in [-0.25, -0.2) is 29.1 Å². The molecule has 5 N–H and O–H groups in total. The number of hydrogen-bond acceptors (Lipinski definition) is 21. The number of aromatic nitrogens is 8. The maximum absolute atomic E-state index is 14.6. The summed E-state index contributed by atoms with van der Waals surface area (Å²) < 4.78 is 26.9. The Labute approximate surface area is 589 Å². The van der Waals surface area contributed by atoms with Gasteiger partial charge in [-0.1, -0.05) is 53.7 Å². The van der Waals surface area contributed by atoms with Gasteiger partial charge in [0.2, 0.25) is 23.6 Å². The Morgan fingerprint density at radius 2 is 0.960 bits per heavy atom. The number of methoxy groups -OCH3 is 2. The Bertz CT molecular complexity index is 4000. The van der Waals surface area contributed by atoms with Crippen molar-refractivity contribution >= 4 is 70.4 Å². The standard InChI is InChI=1S/C36H47N7O7S.C34H43N7O7S/c1-10-22-19-36(22,32(46)49-11-2)39-29(44)25-18-23(20-42(25)31(45)28(34(3,4)5)38-33(47)50-35(6,7)8)43-40-26(21-12-14-24(48-9)15-13-21)27(41-43)30-37-16-17-51-30;1-9-20-17-34(20,30(44)45)37-27(42)23-16-21(18-40(23)29(43)26(32(2,3)4)36-31(46)48-33(5,6)7)41-38-24(19-10-12-22(47-8)13-11-19)25(39-41)28-35-14-15-49-28/h10,12-17,22-23,25,28H,1,11,18-20H2,2-9H3,(H,38,47)(H,39,44);9-15,20-21,23,26H,1,16-18H2,2-8H3,(H,36,46)(H,37,42)(H,44,45)/t22-,23?,25+,28-,36-;20-,21?,23+,26-,34-/m11/s1. The van der Waals surface area contributed by atoms with E-state index in [4.69, 9.17) is 44.1 Å². The third kappa shape index (κ3) is 16.7. The van der Waals surface area contributed by atoms with E-state index in [1.54, 1.807) is 102 Å². The number of ether oxygens (including phenoxy) is 5. The normalized spacial score (nSPS) is 22.4. The number of carboxylic acids is 1. The van der Waals surface area contributed by atoms with E-state index in [1.165, 1.54) is 48.1 Å². The summed E-state index contributed by atoms with van der Waals surface area (Å²) in [5.74, 6) is -3.32. The number of thiazole rings is 2. The molecule has 2 saturated heterocycles. The number of benzene rings is 2. The molecule has 30 heteroatoms. The number of rotatable bonds is 21. The quantitative estimate of drug-likeness (QED) is 0.0255. The molecule has 28 nitrogen and oxygen atoms in total. The second kappa shape index (κ2) is 29.3. The highest BCUT2D eigenvalue weighted by molar-refractivity contribution is 7.13. The van der Waals surface area contributed by atoms with Crippen LogP contribution in [0.5, 0.6) is 11.5 Å². The van der Waals surface area contributed by atoms with Crippen LogP contribution in [0.3, 0.4) is 0 Å². The molecule has 6 amide bonds. The number of carbonyl (C=O) groups excluding carboxylic acids is 7. The number of hydrogen-bond donors (Lipinski definition) is 5. The maximum atomic E-state index is 14.6. The van der Waals surface area contributed by atoms with Crippen LogP contribution in [0, 0.1) is 22.7 Å². The van der Waals surface area contributed by atoms with Crippen LogP contribution in [0.4, 0.5) is 9.59 Å². The van der Waals surface area contributed by atoms with Crippen molar-refractivity contribution in [3.05, 3.63) is 97.0 Å². The molecule has 2 unspecified atom stereocenters. The molecule has 6 aromatic rings. The molecule has 0 spiro atoms. The van der Waals surface area contributed by atoms with E-state index in [0.717, 1.165) is 11.1 Å². The molecule has 2 saturated carbocycles. The zero-order valence-electron chi connectivity index (χ0n) is 59.1. The van der Waals surface area contributed by atoms with Gasteiger partial charge in [-0.3, -0.25) is 19.2 Å². The van der Waals surface area contributed by atoms with E-state index in [-0.39, 0.29) is 44.9 Å². The van der Waals surface area contributed by atoms with Gasteiger partial charge in [0.15, 0.2) is 0 Å². The van der Waals surface area contributed by atoms with E-state index in [9.17, 15) is 43.5 Å². The predicted octanol–water partition coefficient (Wildman–Crippen LogP) is 9.09. The third-order valence-electron chi connectivity index (χ3n) is 17.5. The molecule has 2 aliphatic carbocycles. The van der Waals surface area contributed by atoms with E-state index in [1.807, 2.05) is 80.1 Å². The van der Waals surface area contributed by atoms with E-state index in [0.29, 0.717) is 50.7 Å². The first kappa shape index (κ1) is 74.6. The number of carboxylic acid groups (broad SMARTS) is 1. The number of carbonyl (C=O) groups is 8. The lowest BCUT2D eigenvalue weighted by atomic mass is 9.85. The number of alkyl carbamates (subject to hydrolysis) is 2. The fourth-order valence-corrected chi connectivity index (χ4v) is 13.4. The molecule has 2 aliphatic heterocycles. The highest BCUT2D eigenvalue weighted by Gasteiger charge is 2.63. The van der Waals surface area contributed by atoms with Crippen LogP contribution in [-0.4, -0.2) is 183 Å². The first-order chi connectivity index (χ1) is 47.0. The molecule has 4 fully saturated rings. The molecule has 4 aliphatic rings. The summed E-state index contributed by atoms with van der Waals surface area (Å²) in [4.78, 5) is 123. The van der Waals surface area contributed by atoms with Crippen molar-refractivity contribution in [2.24, 2.45) is 22.7 Å². The minimum absolute atomic E-state index is 0.0124. The summed E-state index contributed by atoms with van der Waals surface area (Å²) in [6.07, 6.45) is 5.68. The number of nitrogens with zero attached hydrogens (tertiary/aromatic N) is 10. The Kier molecular flexibility index (Phi) is 21.9. The van der Waals surface area contributed by atoms with Crippen molar-refractivity contribution in [1.82, 2.24) is 71.0 Å². The number of nitrogens with one attached hydrogen (secondary N) is 4. The largest absolute Gasteiger partial charge is 0.497 e. The van der Waals surface area contributed by atoms with Gasteiger partial charge in [-0.05, 0) is 121 Å². The average Bonchev–Trinajstić information content (AvgIpc) is 1.59. The number of esters is 1. The fourth-order valence-electron chi connectivity index (χ4n) is 12.1. The van der Waals surface area contributed by atoms with Gasteiger partial charge in [0.25, 0.3) is 0 Å². The molecule has 10 atom stereocenters. The molecule has 536 valence electrons. The number of aliphatic carboxylic acids is 1. The van der Waals surface area contributed by atoms with Crippen LogP contribution >= 0.6 is 22.7 Å². The summed E-state index contributed by atoms with van der Waals surface area (Å²) in [5, 5.41) is 45.5. The highest BCUT2D eigenvalue weighted by Crippen LogP contribution is 2.47. The average molecular weight is 1420 g/mol. The molecule has 10 rings (SSSR count). The van der Waals surface area contributed by atoms with E-state index < -0.39 is 123 Å². The molecular weight excluding hydrogens is 1320 g/mol. The van der Waals surface area contributed by atoms with Crippen molar-refractivity contribution in [1.29, 1.82) is 0 Å². The summed E-state index contributed by atoms with van der Waals surface area (Å²) in [6.45, 7) is 30.6. The van der Waals surface area contributed by atoms with Crippen LogP contribution in [-0.2, 0) is 43.0 Å². The van der Waals surface area contributed by atoms with Gasteiger partial charge >= 0.3 is 24.1 Å². The van der Waals surface area contributed by atoms with E-state index >= 15 is 0 Å². The second-order valence-corrected chi connectivity index (χ2v) is 31.1. The van der Waals surface area contributed by atoms with Gasteiger partial charge in [-0.2, -0.15) is 19.8 Å². The maximum Gasteiger partial charge on any atom is 0.408 e. The minimum atomic E-state index is -1.51.